The Labute approximate surface area is 155 Å². The van der Waals surface area contributed by atoms with Crippen LogP contribution in [0, 0.1) is 11.8 Å². The summed E-state index contributed by atoms with van der Waals surface area (Å²) in [4.78, 5) is 26.1. The summed E-state index contributed by atoms with van der Waals surface area (Å²) in [5, 5.41) is 15.1. The van der Waals surface area contributed by atoms with Crippen LogP contribution >= 0.6 is 0 Å². The zero-order valence-electron chi connectivity index (χ0n) is 14.9. The van der Waals surface area contributed by atoms with Gasteiger partial charge in [-0.2, -0.15) is 13.2 Å². The molecule has 1 saturated carbocycles. The number of carbonyl (C=O) groups excluding carboxylic acids is 1. The summed E-state index contributed by atoms with van der Waals surface area (Å²) in [5.74, 6) is -4.20. The molecule has 5 atom stereocenters. The van der Waals surface area contributed by atoms with Crippen molar-refractivity contribution in [3.63, 3.8) is 0 Å². The minimum atomic E-state index is -4.38. The second-order valence-electron chi connectivity index (χ2n) is 7.52. The zero-order valence-corrected chi connectivity index (χ0v) is 14.9. The zero-order chi connectivity index (χ0) is 19.6. The van der Waals surface area contributed by atoms with Gasteiger partial charge in [0.15, 0.2) is 0 Å². The number of aliphatic carboxylic acids is 1. The Bertz CT molecular complexity index is 548. The molecule has 3 fully saturated rings. The second-order valence-corrected chi connectivity index (χ2v) is 7.52. The van der Waals surface area contributed by atoms with Crippen LogP contribution in [-0.4, -0.2) is 66.1 Å². The Balaban J connectivity index is 1.55. The van der Waals surface area contributed by atoms with Crippen LogP contribution in [0.15, 0.2) is 0 Å². The van der Waals surface area contributed by atoms with Crippen molar-refractivity contribution >= 4 is 11.9 Å². The molecule has 11 heteroatoms. The third kappa shape index (κ3) is 4.89. The number of carboxylic acids is 1. The molecule has 0 aromatic carbocycles. The first-order valence-corrected chi connectivity index (χ1v) is 9.31. The molecule has 8 nitrogen and oxygen atoms in total. The fourth-order valence-electron chi connectivity index (χ4n) is 4.13. The summed E-state index contributed by atoms with van der Waals surface area (Å²) in [5.41, 5.74) is 5.99. The largest absolute Gasteiger partial charge is 0.481 e. The van der Waals surface area contributed by atoms with Crippen LogP contribution in [0.25, 0.3) is 0 Å². The first-order chi connectivity index (χ1) is 12.8. The molecule has 0 aromatic heterocycles. The van der Waals surface area contributed by atoms with Crippen molar-refractivity contribution in [2.45, 2.75) is 56.5 Å². The van der Waals surface area contributed by atoms with E-state index >= 15 is 0 Å². The number of rotatable bonds is 4. The molecule has 154 valence electrons. The number of nitrogens with one attached hydrogen (secondary N) is 4. The Hall–Kier alpha value is -1.43. The molecule has 1 aliphatic carbocycles. The molecule has 1 amide bonds. The molecule has 2 saturated heterocycles. The van der Waals surface area contributed by atoms with E-state index in [2.05, 4.69) is 26.4 Å². The number of hydrazine groups is 1. The van der Waals surface area contributed by atoms with Crippen LogP contribution in [0.2, 0.25) is 0 Å². The SMILES string of the molecule is O=C(NC1CC(C(F)(F)F)CCC1C(=O)O)C1CCC(N2CCNC2)NN1. The predicted octanol–water partition coefficient (Wildman–Crippen LogP) is -0.0202. The normalized spacial score (nSPS) is 35.7. The summed E-state index contributed by atoms with van der Waals surface area (Å²) in [6, 6.07) is -1.62. The molecule has 3 aliphatic rings. The smallest absolute Gasteiger partial charge is 0.391 e. The van der Waals surface area contributed by atoms with Crippen molar-refractivity contribution in [3.8, 4) is 0 Å². The lowest BCUT2D eigenvalue weighted by atomic mass is 9.77. The molecule has 0 radical (unpaired) electrons. The first kappa shape index (κ1) is 20.3. The molecule has 2 heterocycles. The maximum atomic E-state index is 13.0. The lowest BCUT2D eigenvalue weighted by Crippen LogP contribution is -2.63. The van der Waals surface area contributed by atoms with Crippen LogP contribution in [-0.2, 0) is 9.59 Å². The van der Waals surface area contributed by atoms with Crippen molar-refractivity contribution in [1.82, 2.24) is 26.4 Å². The maximum absolute atomic E-state index is 13.0. The lowest BCUT2D eigenvalue weighted by Gasteiger charge is -2.38. The second kappa shape index (κ2) is 8.29. The van der Waals surface area contributed by atoms with Crippen molar-refractivity contribution in [3.05, 3.63) is 0 Å². The van der Waals surface area contributed by atoms with Gasteiger partial charge in [-0.1, -0.05) is 0 Å². The molecule has 0 bridgehead atoms. The molecule has 27 heavy (non-hydrogen) atoms. The summed E-state index contributed by atoms with van der Waals surface area (Å²) in [7, 11) is 0. The average molecular weight is 393 g/mol. The molecule has 2 aliphatic heterocycles. The van der Waals surface area contributed by atoms with E-state index in [4.69, 9.17) is 0 Å². The highest BCUT2D eigenvalue weighted by molar-refractivity contribution is 5.83. The third-order valence-electron chi connectivity index (χ3n) is 5.76. The summed E-state index contributed by atoms with van der Waals surface area (Å²) >= 11 is 0. The average Bonchev–Trinajstić information content (AvgIpc) is 3.15. The number of hydrogen-bond donors (Lipinski definition) is 5. The molecule has 0 spiro atoms. The minimum Gasteiger partial charge on any atom is -0.481 e. The van der Waals surface area contributed by atoms with Gasteiger partial charge in [0.2, 0.25) is 5.91 Å². The number of alkyl halides is 3. The summed E-state index contributed by atoms with van der Waals surface area (Å²) in [6.45, 7) is 2.57. The van der Waals surface area contributed by atoms with Gasteiger partial charge in [0.1, 0.15) is 6.04 Å². The van der Waals surface area contributed by atoms with Gasteiger partial charge in [-0.3, -0.25) is 14.5 Å². The van der Waals surface area contributed by atoms with E-state index in [0.29, 0.717) is 12.8 Å². The van der Waals surface area contributed by atoms with E-state index in [1.54, 1.807) is 0 Å². The highest BCUT2D eigenvalue weighted by Gasteiger charge is 2.47. The molecule has 5 unspecified atom stereocenters. The van der Waals surface area contributed by atoms with Gasteiger partial charge in [-0.15, -0.1) is 0 Å². The van der Waals surface area contributed by atoms with Gasteiger partial charge in [-0.05, 0) is 32.1 Å². The van der Waals surface area contributed by atoms with Crippen LogP contribution in [0.4, 0.5) is 13.2 Å². The van der Waals surface area contributed by atoms with E-state index in [1.807, 2.05) is 0 Å². The van der Waals surface area contributed by atoms with Crippen molar-refractivity contribution in [1.29, 1.82) is 0 Å². The first-order valence-electron chi connectivity index (χ1n) is 9.31. The molecule has 3 rings (SSSR count). The third-order valence-corrected chi connectivity index (χ3v) is 5.76. The Morgan fingerprint density at radius 1 is 1.11 bits per heavy atom. The van der Waals surface area contributed by atoms with Gasteiger partial charge in [0.25, 0.3) is 0 Å². The van der Waals surface area contributed by atoms with E-state index in [1.165, 1.54) is 0 Å². The minimum absolute atomic E-state index is 0.0834. The van der Waals surface area contributed by atoms with Crippen LogP contribution in [0.1, 0.15) is 32.1 Å². The number of hydrogen-bond acceptors (Lipinski definition) is 6. The van der Waals surface area contributed by atoms with Gasteiger partial charge < -0.3 is 15.7 Å². The van der Waals surface area contributed by atoms with Crippen LogP contribution in [0.5, 0.6) is 0 Å². The Morgan fingerprint density at radius 2 is 1.89 bits per heavy atom. The standard InChI is InChI=1S/C16H26F3N5O3/c17-16(18,19)9-1-2-10(15(26)27)12(7-9)21-14(25)11-3-4-13(23-22-11)24-6-5-20-8-24/h9-13,20,22-23H,1-8H2,(H,21,25)(H,26,27). The number of carbonyl (C=O) groups is 2. The molecule has 5 N–H and O–H groups in total. The number of carboxylic acid groups (broad SMARTS) is 1. The lowest BCUT2D eigenvalue weighted by molar-refractivity contribution is -0.189. The quantitative estimate of drug-likeness (QED) is 0.457. The van der Waals surface area contributed by atoms with Crippen molar-refractivity contribution < 1.29 is 27.9 Å². The van der Waals surface area contributed by atoms with Gasteiger partial charge in [0.05, 0.1) is 18.0 Å². The monoisotopic (exact) mass is 393 g/mol. The van der Waals surface area contributed by atoms with E-state index < -0.39 is 48.4 Å². The Morgan fingerprint density at radius 3 is 2.44 bits per heavy atom. The van der Waals surface area contributed by atoms with Crippen LogP contribution < -0.4 is 21.5 Å². The fraction of sp³-hybridized carbons (Fsp3) is 0.875. The van der Waals surface area contributed by atoms with Crippen molar-refractivity contribution in [2.24, 2.45) is 11.8 Å². The topological polar surface area (TPSA) is 106 Å². The van der Waals surface area contributed by atoms with E-state index in [9.17, 15) is 27.9 Å². The van der Waals surface area contributed by atoms with Gasteiger partial charge in [-0.25, -0.2) is 10.9 Å². The number of halogens is 3. The van der Waals surface area contributed by atoms with E-state index in [0.717, 1.165) is 19.8 Å². The fourth-order valence-corrected chi connectivity index (χ4v) is 4.13. The number of nitrogens with zero attached hydrogens (tertiary/aromatic N) is 1. The van der Waals surface area contributed by atoms with Crippen LogP contribution in [0.3, 0.4) is 0 Å². The maximum Gasteiger partial charge on any atom is 0.391 e. The summed E-state index contributed by atoms with van der Waals surface area (Å²) < 4.78 is 39.1. The highest BCUT2D eigenvalue weighted by atomic mass is 19.4. The molecule has 0 aromatic rings. The number of amides is 1. The van der Waals surface area contributed by atoms with Crippen molar-refractivity contribution in [2.75, 3.05) is 19.8 Å². The Kier molecular flexibility index (Phi) is 6.24. The van der Waals surface area contributed by atoms with Gasteiger partial charge >= 0.3 is 12.1 Å². The molecular weight excluding hydrogens is 367 g/mol. The van der Waals surface area contributed by atoms with E-state index in [-0.39, 0.29) is 19.0 Å². The molecular formula is C16H26F3N5O3. The highest BCUT2D eigenvalue weighted by Crippen LogP contribution is 2.39. The summed E-state index contributed by atoms with van der Waals surface area (Å²) in [6.07, 6.45) is -3.77. The van der Waals surface area contributed by atoms with Gasteiger partial charge in [0, 0.05) is 25.8 Å². The predicted molar refractivity (Wildman–Crippen MR) is 89.1 cm³/mol.